The van der Waals surface area contributed by atoms with E-state index >= 15 is 0 Å². The molecule has 2 aromatic carbocycles. The Morgan fingerprint density at radius 1 is 1.27 bits per heavy atom. The Labute approximate surface area is 164 Å². The lowest BCUT2D eigenvalue weighted by Gasteiger charge is -2.12. The molecule has 0 radical (unpaired) electrons. The van der Waals surface area contributed by atoms with Gasteiger partial charge in [-0.2, -0.15) is 0 Å². The molecular formula is C16H13Cl2N3O4S. The summed E-state index contributed by atoms with van der Waals surface area (Å²) in [5.74, 6) is -0.212. The summed E-state index contributed by atoms with van der Waals surface area (Å²) >= 11 is 16.8. The standard InChI is InChI=1S/C16H13Cl2N3O4S/c1-9-2-4-11(21(23)24)7-13(9)19-16(26)20-15(22)8-25-14-5-3-10(17)6-12(14)18/h2-7H,8H2,1H3,(H2,19,20,22,26). The third kappa shape index (κ3) is 5.55. The molecule has 0 aliphatic rings. The van der Waals surface area contributed by atoms with Crippen LogP contribution in [-0.4, -0.2) is 22.5 Å². The Balaban J connectivity index is 1.92. The number of aryl methyl sites for hydroxylation is 1. The molecule has 2 aromatic rings. The SMILES string of the molecule is Cc1ccc([N+](=O)[O-])cc1NC(=S)NC(=O)COc1ccc(Cl)cc1Cl. The molecule has 0 bridgehead atoms. The van der Waals surface area contributed by atoms with E-state index < -0.39 is 10.8 Å². The van der Waals surface area contributed by atoms with Gasteiger partial charge < -0.3 is 10.1 Å². The maximum Gasteiger partial charge on any atom is 0.271 e. The number of nitrogens with one attached hydrogen (secondary N) is 2. The number of carbonyl (C=O) groups excluding carboxylic acids is 1. The van der Waals surface area contributed by atoms with Crippen molar-refractivity contribution >= 4 is 57.8 Å². The number of ether oxygens (including phenoxy) is 1. The predicted molar refractivity (Wildman–Crippen MR) is 104 cm³/mol. The number of anilines is 1. The lowest BCUT2D eigenvalue weighted by molar-refractivity contribution is -0.384. The van der Waals surface area contributed by atoms with Gasteiger partial charge in [0.05, 0.1) is 9.95 Å². The molecule has 7 nitrogen and oxygen atoms in total. The highest BCUT2D eigenvalue weighted by Gasteiger charge is 2.12. The van der Waals surface area contributed by atoms with Gasteiger partial charge in [0.2, 0.25) is 0 Å². The Hall–Kier alpha value is -2.42. The number of nitro benzene ring substituents is 1. The van der Waals surface area contributed by atoms with Crippen molar-refractivity contribution in [2.75, 3.05) is 11.9 Å². The molecule has 0 unspecified atom stereocenters. The van der Waals surface area contributed by atoms with Crippen LogP contribution in [-0.2, 0) is 4.79 Å². The molecule has 136 valence electrons. The van der Waals surface area contributed by atoms with Gasteiger partial charge in [-0.15, -0.1) is 0 Å². The first-order valence-electron chi connectivity index (χ1n) is 7.20. The Morgan fingerprint density at radius 2 is 2.00 bits per heavy atom. The van der Waals surface area contributed by atoms with Gasteiger partial charge in [0, 0.05) is 22.8 Å². The smallest absolute Gasteiger partial charge is 0.271 e. The average Bonchev–Trinajstić information content (AvgIpc) is 2.55. The van der Waals surface area contributed by atoms with E-state index in [1.807, 2.05) is 0 Å². The summed E-state index contributed by atoms with van der Waals surface area (Å²) in [5.41, 5.74) is 1.07. The van der Waals surface area contributed by atoms with Crippen LogP contribution in [0.4, 0.5) is 11.4 Å². The van der Waals surface area contributed by atoms with E-state index in [0.29, 0.717) is 16.5 Å². The number of carbonyl (C=O) groups is 1. The zero-order chi connectivity index (χ0) is 19.3. The van der Waals surface area contributed by atoms with Gasteiger partial charge >= 0.3 is 0 Å². The van der Waals surface area contributed by atoms with E-state index in [1.54, 1.807) is 25.1 Å². The first-order valence-corrected chi connectivity index (χ1v) is 8.36. The lowest BCUT2D eigenvalue weighted by Crippen LogP contribution is -2.37. The third-order valence-electron chi connectivity index (χ3n) is 3.19. The monoisotopic (exact) mass is 413 g/mol. The fourth-order valence-electron chi connectivity index (χ4n) is 1.91. The molecule has 2 N–H and O–H groups in total. The maximum atomic E-state index is 11.9. The Kier molecular flexibility index (Phi) is 6.73. The van der Waals surface area contributed by atoms with Crippen LogP contribution in [0.3, 0.4) is 0 Å². The van der Waals surface area contributed by atoms with E-state index in [-0.39, 0.29) is 22.4 Å². The molecule has 0 spiro atoms. The molecule has 10 heteroatoms. The number of halogens is 2. The van der Waals surface area contributed by atoms with Crippen molar-refractivity contribution in [2.24, 2.45) is 0 Å². The maximum absolute atomic E-state index is 11.9. The number of nitrogens with zero attached hydrogens (tertiary/aromatic N) is 1. The predicted octanol–water partition coefficient (Wildman–Crippen LogP) is 4.10. The number of benzene rings is 2. The summed E-state index contributed by atoms with van der Waals surface area (Å²) in [4.78, 5) is 22.2. The molecule has 0 aliphatic heterocycles. The van der Waals surface area contributed by atoms with Crippen LogP contribution < -0.4 is 15.4 Å². The largest absolute Gasteiger partial charge is 0.482 e. The first-order chi connectivity index (χ1) is 12.3. The average molecular weight is 414 g/mol. The Morgan fingerprint density at radius 3 is 2.65 bits per heavy atom. The molecule has 0 heterocycles. The molecule has 2 rings (SSSR count). The topological polar surface area (TPSA) is 93.5 Å². The highest BCUT2D eigenvalue weighted by molar-refractivity contribution is 7.80. The summed E-state index contributed by atoms with van der Waals surface area (Å²) in [6.07, 6.45) is 0. The van der Waals surface area contributed by atoms with E-state index in [9.17, 15) is 14.9 Å². The second-order valence-corrected chi connectivity index (χ2v) is 6.37. The second-order valence-electron chi connectivity index (χ2n) is 5.12. The van der Waals surface area contributed by atoms with Crippen molar-refractivity contribution in [1.82, 2.24) is 5.32 Å². The quantitative estimate of drug-likeness (QED) is 0.435. The highest BCUT2D eigenvalue weighted by Crippen LogP contribution is 2.27. The van der Waals surface area contributed by atoms with Crippen molar-refractivity contribution in [1.29, 1.82) is 0 Å². The normalized spacial score (nSPS) is 10.1. The number of amides is 1. The summed E-state index contributed by atoms with van der Waals surface area (Å²) in [6.45, 7) is 1.43. The molecule has 1 amide bonds. The number of hydrogen-bond donors (Lipinski definition) is 2. The lowest BCUT2D eigenvalue weighted by atomic mass is 10.2. The van der Waals surface area contributed by atoms with Crippen LogP contribution in [0.25, 0.3) is 0 Å². The van der Waals surface area contributed by atoms with Gasteiger partial charge in [-0.25, -0.2) is 0 Å². The van der Waals surface area contributed by atoms with Gasteiger partial charge in [0.15, 0.2) is 11.7 Å². The van der Waals surface area contributed by atoms with E-state index in [0.717, 1.165) is 5.56 Å². The van der Waals surface area contributed by atoms with Crippen molar-refractivity contribution in [2.45, 2.75) is 6.92 Å². The minimum absolute atomic E-state index is 0.00981. The molecule has 0 aliphatic carbocycles. The second kappa shape index (κ2) is 8.79. The van der Waals surface area contributed by atoms with Gasteiger partial charge in [-0.05, 0) is 42.9 Å². The number of hydrogen-bond acceptors (Lipinski definition) is 5. The van der Waals surface area contributed by atoms with Gasteiger partial charge in [0.25, 0.3) is 11.6 Å². The highest BCUT2D eigenvalue weighted by atomic mass is 35.5. The summed E-state index contributed by atoms with van der Waals surface area (Å²) < 4.78 is 5.30. The summed E-state index contributed by atoms with van der Waals surface area (Å²) in [7, 11) is 0. The van der Waals surface area contributed by atoms with Gasteiger partial charge in [-0.3, -0.25) is 20.2 Å². The van der Waals surface area contributed by atoms with Crippen LogP contribution in [0.5, 0.6) is 5.75 Å². The zero-order valence-electron chi connectivity index (χ0n) is 13.4. The number of nitro groups is 1. The summed E-state index contributed by atoms with van der Waals surface area (Å²) in [5, 5.41) is 16.7. The molecule has 0 fully saturated rings. The van der Waals surface area contributed by atoms with E-state index in [4.69, 9.17) is 40.2 Å². The van der Waals surface area contributed by atoms with Crippen molar-refractivity contribution in [3.8, 4) is 5.75 Å². The third-order valence-corrected chi connectivity index (χ3v) is 3.92. The van der Waals surface area contributed by atoms with Gasteiger partial charge in [-0.1, -0.05) is 29.3 Å². The fraction of sp³-hybridized carbons (Fsp3) is 0.125. The molecule has 26 heavy (non-hydrogen) atoms. The minimum Gasteiger partial charge on any atom is -0.482 e. The van der Waals surface area contributed by atoms with Crippen LogP contribution in [0.15, 0.2) is 36.4 Å². The number of rotatable bonds is 5. The van der Waals surface area contributed by atoms with Gasteiger partial charge in [0.1, 0.15) is 5.75 Å². The molecular weight excluding hydrogens is 401 g/mol. The number of non-ortho nitro benzene ring substituents is 1. The molecule has 0 saturated heterocycles. The van der Waals surface area contributed by atoms with Crippen molar-refractivity contribution in [3.63, 3.8) is 0 Å². The fourth-order valence-corrected chi connectivity index (χ4v) is 2.60. The number of thiocarbonyl (C=S) groups is 1. The van der Waals surface area contributed by atoms with Crippen LogP contribution in [0.2, 0.25) is 10.0 Å². The van der Waals surface area contributed by atoms with Crippen LogP contribution >= 0.6 is 35.4 Å². The minimum atomic E-state index is -0.518. The van der Waals surface area contributed by atoms with E-state index in [2.05, 4.69) is 10.6 Å². The molecule has 0 saturated carbocycles. The van der Waals surface area contributed by atoms with Crippen LogP contribution in [0, 0.1) is 17.0 Å². The Bertz CT molecular complexity index is 877. The van der Waals surface area contributed by atoms with Crippen molar-refractivity contribution in [3.05, 3.63) is 62.1 Å². The zero-order valence-corrected chi connectivity index (χ0v) is 15.7. The van der Waals surface area contributed by atoms with Crippen LogP contribution in [0.1, 0.15) is 5.56 Å². The van der Waals surface area contributed by atoms with Crippen molar-refractivity contribution < 1.29 is 14.5 Å². The first kappa shape index (κ1) is 19.9. The van der Waals surface area contributed by atoms with E-state index in [1.165, 1.54) is 18.2 Å². The molecule has 0 atom stereocenters. The summed E-state index contributed by atoms with van der Waals surface area (Å²) in [6, 6.07) is 8.91. The molecule has 0 aromatic heterocycles.